The van der Waals surface area contributed by atoms with Crippen LogP contribution in [0, 0.1) is 0 Å². The van der Waals surface area contributed by atoms with Crippen LogP contribution < -0.4 is 5.73 Å². The zero-order valence-electron chi connectivity index (χ0n) is 10.2. The van der Waals surface area contributed by atoms with Crippen molar-refractivity contribution >= 4 is 5.96 Å². The number of hydrogen-bond acceptors (Lipinski definition) is 1. The Labute approximate surface area is 93.7 Å². The Bertz CT molecular complexity index is 189. The predicted molar refractivity (Wildman–Crippen MR) is 66.0 cm³/mol. The van der Waals surface area contributed by atoms with E-state index in [1.54, 1.807) is 0 Å². The number of aliphatic imine (C=N–C) groups is 1. The number of hydrogen-bond donors (Lipinski definition) is 1. The Morgan fingerprint density at radius 1 is 1.20 bits per heavy atom. The van der Waals surface area contributed by atoms with Gasteiger partial charge in [-0.25, -0.2) is 4.99 Å². The van der Waals surface area contributed by atoms with Gasteiger partial charge in [-0.15, -0.1) is 0 Å². The number of unbranched alkanes of at least 4 members (excludes halogenated alkanes) is 2. The van der Waals surface area contributed by atoms with Gasteiger partial charge in [-0.2, -0.15) is 0 Å². The summed E-state index contributed by atoms with van der Waals surface area (Å²) in [7, 11) is 0. The van der Waals surface area contributed by atoms with Crippen LogP contribution in [0.15, 0.2) is 4.99 Å². The van der Waals surface area contributed by atoms with Crippen molar-refractivity contribution < 1.29 is 0 Å². The maximum absolute atomic E-state index is 6.02. The number of nitrogens with zero attached hydrogens (tertiary/aromatic N) is 2. The first kappa shape index (κ1) is 12.3. The molecule has 0 radical (unpaired) electrons. The van der Waals surface area contributed by atoms with Crippen LogP contribution in [0.5, 0.6) is 0 Å². The minimum Gasteiger partial charge on any atom is -0.370 e. The second kappa shape index (κ2) is 6.70. The average Bonchev–Trinajstić information content (AvgIpc) is 3.02. The standard InChI is InChI=1S/C12H25N3/c1-3-5-9-15(10-6-4-2)12(13)14-11-7-8-11/h11H,3-10H2,1-2H3,(H2,13,14). The van der Waals surface area contributed by atoms with Gasteiger partial charge < -0.3 is 10.6 Å². The van der Waals surface area contributed by atoms with Crippen molar-refractivity contribution in [3.63, 3.8) is 0 Å². The Kier molecular flexibility index (Phi) is 5.51. The van der Waals surface area contributed by atoms with E-state index in [1.807, 2.05) is 0 Å². The van der Waals surface area contributed by atoms with Gasteiger partial charge in [0, 0.05) is 13.1 Å². The third-order valence-corrected chi connectivity index (χ3v) is 2.75. The average molecular weight is 211 g/mol. The van der Waals surface area contributed by atoms with E-state index in [9.17, 15) is 0 Å². The van der Waals surface area contributed by atoms with Crippen molar-refractivity contribution in [3.8, 4) is 0 Å². The number of nitrogens with two attached hydrogens (primary N) is 1. The first-order valence-corrected chi connectivity index (χ1v) is 6.36. The van der Waals surface area contributed by atoms with Crippen LogP contribution in [0.3, 0.4) is 0 Å². The molecule has 3 nitrogen and oxygen atoms in total. The summed E-state index contributed by atoms with van der Waals surface area (Å²) in [5.41, 5.74) is 6.02. The van der Waals surface area contributed by atoms with E-state index in [4.69, 9.17) is 5.73 Å². The molecule has 1 aliphatic rings. The molecule has 0 aliphatic heterocycles. The molecule has 15 heavy (non-hydrogen) atoms. The Balaban J connectivity index is 2.37. The summed E-state index contributed by atoms with van der Waals surface area (Å²) in [6.07, 6.45) is 7.33. The van der Waals surface area contributed by atoms with Crippen molar-refractivity contribution in [2.24, 2.45) is 10.7 Å². The third-order valence-electron chi connectivity index (χ3n) is 2.75. The van der Waals surface area contributed by atoms with Crippen molar-refractivity contribution in [1.82, 2.24) is 4.90 Å². The lowest BCUT2D eigenvalue weighted by Gasteiger charge is -2.23. The van der Waals surface area contributed by atoms with Gasteiger partial charge in [-0.05, 0) is 25.7 Å². The second-order valence-electron chi connectivity index (χ2n) is 4.41. The lowest BCUT2D eigenvalue weighted by atomic mass is 10.3. The summed E-state index contributed by atoms with van der Waals surface area (Å²) in [4.78, 5) is 6.77. The van der Waals surface area contributed by atoms with Crippen molar-refractivity contribution in [3.05, 3.63) is 0 Å². The molecule has 1 fully saturated rings. The van der Waals surface area contributed by atoms with E-state index in [2.05, 4.69) is 23.7 Å². The zero-order chi connectivity index (χ0) is 11.1. The molecule has 0 aromatic carbocycles. The maximum atomic E-state index is 6.02. The van der Waals surface area contributed by atoms with Gasteiger partial charge in [0.05, 0.1) is 6.04 Å². The summed E-state index contributed by atoms with van der Waals surface area (Å²) >= 11 is 0. The van der Waals surface area contributed by atoms with E-state index < -0.39 is 0 Å². The summed E-state index contributed by atoms with van der Waals surface area (Å²) in [5.74, 6) is 0.777. The Morgan fingerprint density at radius 3 is 2.13 bits per heavy atom. The van der Waals surface area contributed by atoms with Gasteiger partial charge in [0.1, 0.15) is 0 Å². The Hall–Kier alpha value is -0.730. The topological polar surface area (TPSA) is 41.6 Å². The lowest BCUT2D eigenvalue weighted by molar-refractivity contribution is 0.393. The zero-order valence-corrected chi connectivity index (χ0v) is 10.2. The van der Waals surface area contributed by atoms with Crippen molar-refractivity contribution in [1.29, 1.82) is 0 Å². The first-order chi connectivity index (χ1) is 7.27. The normalized spacial score (nSPS) is 16.8. The minimum absolute atomic E-state index is 0.538. The molecular formula is C12H25N3. The van der Waals surface area contributed by atoms with E-state index in [-0.39, 0.29) is 0 Å². The quantitative estimate of drug-likeness (QED) is 0.519. The monoisotopic (exact) mass is 211 g/mol. The smallest absolute Gasteiger partial charge is 0.191 e. The first-order valence-electron chi connectivity index (χ1n) is 6.36. The highest BCUT2D eigenvalue weighted by molar-refractivity contribution is 5.78. The molecule has 2 N–H and O–H groups in total. The maximum Gasteiger partial charge on any atom is 0.191 e. The molecule has 1 aliphatic carbocycles. The molecular weight excluding hydrogens is 186 g/mol. The predicted octanol–water partition coefficient (Wildman–Crippen LogP) is 2.37. The molecule has 0 aromatic heterocycles. The van der Waals surface area contributed by atoms with Gasteiger partial charge >= 0.3 is 0 Å². The molecule has 0 saturated heterocycles. The minimum atomic E-state index is 0.538. The fraction of sp³-hybridized carbons (Fsp3) is 0.917. The van der Waals surface area contributed by atoms with Crippen molar-refractivity contribution in [2.75, 3.05) is 13.1 Å². The van der Waals surface area contributed by atoms with E-state index in [0.717, 1.165) is 19.0 Å². The SMILES string of the molecule is CCCCN(CCCC)C(N)=NC1CC1. The van der Waals surface area contributed by atoms with E-state index in [1.165, 1.54) is 38.5 Å². The molecule has 1 rings (SSSR count). The fourth-order valence-electron chi connectivity index (χ4n) is 1.51. The van der Waals surface area contributed by atoms with Crippen LogP contribution in [0.4, 0.5) is 0 Å². The fourth-order valence-corrected chi connectivity index (χ4v) is 1.51. The third kappa shape index (κ3) is 5.05. The molecule has 1 saturated carbocycles. The summed E-state index contributed by atoms with van der Waals surface area (Å²) in [6, 6.07) is 0.538. The van der Waals surface area contributed by atoms with Gasteiger partial charge in [0.25, 0.3) is 0 Å². The number of rotatable bonds is 7. The molecule has 0 unspecified atom stereocenters. The van der Waals surface area contributed by atoms with Crippen LogP contribution >= 0.6 is 0 Å². The van der Waals surface area contributed by atoms with E-state index in [0.29, 0.717) is 6.04 Å². The van der Waals surface area contributed by atoms with Crippen LogP contribution in [0.2, 0.25) is 0 Å². The Morgan fingerprint density at radius 2 is 1.73 bits per heavy atom. The molecule has 0 amide bonds. The molecule has 0 atom stereocenters. The van der Waals surface area contributed by atoms with Gasteiger partial charge in [0.15, 0.2) is 5.96 Å². The van der Waals surface area contributed by atoms with Gasteiger partial charge in [-0.3, -0.25) is 0 Å². The molecule has 3 heteroatoms. The highest BCUT2D eigenvalue weighted by atomic mass is 15.3. The molecule has 0 heterocycles. The summed E-state index contributed by atoms with van der Waals surface area (Å²) in [6.45, 7) is 6.57. The van der Waals surface area contributed by atoms with Crippen molar-refractivity contribution in [2.45, 2.75) is 58.4 Å². The van der Waals surface area contributed by atoms with E-state index >= 15 is 0 Å². The lowest BCUT2D eigenvalue weighted by Crippen LogP contribution is -2.39. The van der Waals surface area contributed by atoms with Gasteiger partial charge in [-0.1, -0.05) is 26.7 Å². The summed E-state index contributed by atoms with van der Waals surface area (Å²) < 4.78 is 0. The largest absolute Gasteiger partial charge is 0.370 e. The van der Waals surface area contributed by atoms with Crippen LogP contribution in [-0.2, 0) is 0 Å². The highest BCUT2D eigenvalue weighted by Crippen LogP contribution is 2.23. The molecule has 88 valence electrons. The van der Waals surface area contributed by atoms with Crippen LogP contribution in [0.25, 0.3) is 0 Å². The molecule has 0 aromatic rings. The number of guanidine groups is 1. The highest BCUT2D eigenvalue weighted by Gasteiger charge is 2.21. The van der Waals surface area contributed by atoms with Crippen LogP contribution in [-0.4, -0.2) is 30.0 Å². The second-order valence-corrected chi connectivity index (χ2v) is 4.41. The van der Waals surface area contributed by atoms with Gasteiger partial charge in [0.2, 0.25) is 0 Å². The molecule has 0 bridgehead atoms. The summed E-state index contributed by atoms with van der Waals surface area (Å²) in [5, 5.41) is 0. The molecule has 0 spiro atoms. The van der Waals surface area contributed by atoms with Crippen LogP contribution in [0.1, 0.15) is 52.4 Å².